The molecule has 0 aliphatic carbocycles. The van der Waals surface area contributed by atoms with Crippen molar-refractivity contribution in [2.45, 2.75) is 24.9 Å². The molecule has 2 heterocycles. The fourth-order valence-electron chi connectivity index (χ4n) is 2.39. The molecule has 0 aromatic rings. The van der Waals surface area contributed by atoms with Crippen LogP contribution in [0.4, 0.5) is 0 Å². The number of likely N-dealkylation sites (tertiary alicyclic amines) is 1. The Morgan fingerprint density at radius 2 is 2.47 bits per heavy atom. The van der Waals surface area contributed by atoms with Gasteiger partial charge < -0.3 is 20.3 Å². The fraction of sp³-hybridized carbons (Fsp3) is 1.00. The molecule has 15 heavy (non-hydrogen) atoms. The highest BCUT2D eigenvalue weighted by molar-refractivity contribution is 4.80. The minimum atomic E-state index is 0.506. The van der Waals surface area contributed by atoms with E-state index in [1.54, 1.807) is 0 Å². The van der Waals surface area contributed by atoms with E-state index in [-0.39, 0.29) is 0 Å². The Morgan fingerprint density at radius 1 is 1.53 bits per heavy atom. The summed E-state index contributed by atoms with van der Waals surface area (Å²) in [6, 6.07) is 1.18. The summed E-state index contributed by atoms with van der Waals surface area (Å²) in [5, 5.41) is 7.11. The lowest BCUT2D eigenvalue weighted by atomic mass is 10.1. The lowest BCUT2D eigenvalue weighted by molar-refractivity contribution is 0.0744. The minimum Gasteiger partial charge on any atom is -0.378 e. The lowest BCUT2D eigenvalue weighted by Gasteiger charge is -2.32. The molecule has 0 aromatic carbocycles. The van der Waals surface area contributed by atoms with Gasteiger partial charge >= 0.3 is 0 Å². The summed E-state index contributed by atoms with van der Waals surface area (Å²) >= 11 is 0. The summed E-state index contributed by atoms with van der Waals surface area (Å²) in [7, 11) is 2.20. The van der Waals surface area contributed by atoms with E-state index in [4.69, 9.17) is 4.74 Å². The first-order valence-electron chi connectivity index (χ1n) is 6.07. The van der Waals surface area contributed by atoms with Crippen LogP contribution < -0.4 is 10.6 Å². The third kappa shape index (κ3) is 3.72. The van der Waals surface area contributed by atoms with E-state index < -0.39 is 0 Å². The third-order valence-electron chi connectivity index (χ3n) is 3.28. The molecule has 2 aliphatic heterocycles. The van der Waals surface area contributed by atoms with Gasteiger partial charge in [-0.15, -0.1) is 0 Å². The molecule has 0 aromatic heterocycles. The second-order valence-electron chi connectivity index (χ2n) is 4.74. The molecule has 4 heteroatoms. The summed E-state index contributed by atoms with van der Waals surface area (Å²) in [6.07, 6.45) is 2.64. The number of nitrogens with zero attached hydrogens (tertiary/aromatic N) is 1. The molecule has 0 saturated carbocycles. The number of likely N-dealkylation sites (N-methyl/N-ethyl adjacent to an activating group) is 1. The first-order valence-corrected chi connectivity index (χ1v) is 6.07. The van der Waals surface area contributed by atoms with Gasteiger partial charge in [-0.1, -0.05) is 0 Å². The van der Waals surface area contributed by atoms with Gasteiger partial charge in [-0.05, 0) is 26.4 Å². The molecule has 2 N–H and O–H groups in total. The summed E-state index contributed by atoms with van der Waals surface area (Å²) < 4.78 is 5.43. The number of rotatable bonds is 3. The topological polar surface area (TPSA) is 36.5 Å². The standard InChI is InChI=1S/C11H23N3O/c1-14-5-2-3-10(8-14)13-7-11-9-15-6-4-12-11/h10-13H,2-9H2,1H3. The number of nitrogens with one attached hydrogen (secondary N) is 2. The van der Waals surface area contributed by atoms with Crippen molar-refractivity contribution in [1.29, 1.82) is 0 Å². The zero-order chi connectivity index (χ0) is 10.5. The summed E-state index contributed by atoms with van der Waals surface area (Å²) in [5.74, 6) is 0. The molecule has 2 rings (SSSR count). The molecule has 0 bridgehead atoms. The highest BCUT2D eigenvalue weighted by atomic mass is 16.5. The highest BCUT2D eigenvalue weighted by Crippen LogP contribution is 2.07. The Hall–Kier alpha value is -0.160. The fourth-order valence-corrected chi connectivity index (χ4v) is 2.39. The van der Waals surface area contributed by atoms with Crippen molar-refractivity contribution in [3.05, 3.63) is 0 Å². The molecule has 2 unspecified atom stereocenters. The van der Waals surface area contributed by atoms with E-state index in [1.165, 1.54) is 25.9 Å². The van der Waals surface area contributed by atoms with Crippen LogP contribution in [0.2, 0.25) is 0 Å². The number of hydrogen-bond donors (Lipinski definition) is 2. The van der Waals surface area contributed by atoms with Crippen molar-refractivity contribution < 1.29 is 4.74 Å². The number of piperidine rings is 1. The molecule has 2 fully saturated rings. The smallest absolute Gasteiger partial charge is 0.0632 e. The van der Waals surface area contributed by atoms with Gasteiger partial charge in [0, 0.05) is 31.7 Å². The molecule has 2 aliphatic rings. The highest BCUT2D eigenvalue weighted by Gasteiger charge is 2.19. The predicted octanol–water partition coefficient (Wildman–Crippen LogP) is -0.341. The van der Waals surface area contributed by atoms with Crippen LogP contribution in [0.1, 0.15) is 12.8 Å². The van der Waals surface area contributed by atoms with Crippen molar-refractivity contribution in [3.63, 3.8) is 0 Å². The maximum absolute atomic E-state index is 5.43. The maximum atomic E-state index is 5.43. The molecule has 0 spiro atoms. The monoisotopic (exact) mass is 213 g/mol. The predicted molar refractivity (Wildman–Crippen MR) is 61.1 cm³/mol. The normalized spacial score (nSPS) is 34.2. The van der Waals surface area contributed by atoms with E-state index >= 15 is 0 Å². The van der Waals surface area contributed by atoms with Crippen molar-refractivity contribution >= 4 is 0 Å². The van der Waals surface area contributed by atoms with Gasteiger partial charge in [0.1, 0.15) is 0 Å². The zero-order valence-corrected chi connectivity index (χ0v) is 9.67. The van der Waals surface area contributed by atoms with Crippen LogP contribution in [0.15, 0.2) is 0 Å². The first-order chi connectivity index (χ1) is 7.34. The maximum Gasteiger partial charge on any atom is 0.0632 e. The minimum absolute atomic E-state index is 0.506. The quantitative estimate of drug-likeness (QED) is 0.672. The van der Waals surface area contributed by atoms with Crippen molar-refractivity contribution in [2.24, 2.45) is 0 Å². The Bertz CT molecular complexity index is 183. The lowest BCUT2D eigenvalue weighted by Crippen LogP contribution is -2.52. The van der Waals surface area contributed by atoms with Gasteiger partial charge in [0.15, 0.2) is 0 Å². The Morgan fingerprint density at radius 3 is 3.20 bits per heavy atom. The largest absolute Gasteiger partial charge is 0.378 e. The van der Waals surface area contributed by atoms with Crippen LogP contribution in [0.25, 0.3) is 0 Å². The molecule has 88 valence electrons. The van der Waals surface area contributed by atoms with Gasteiger partial charge in [-0.25, -0.2) is 0 Å². The van der Waals surface area contributed by atoms with Gasteiger partial charge in [-0.3, -0.25) is 0 Å². The van der Waals surface area contributed by atoms with Gasteiger partial charge in [0.2, 0.25) is 0 Å². The molecule has 2 saturated heterocycles. The van der Waals surface area contributed by atoms with E-state index in [9.17, 15) is 0 Å². The summed E-state index contributed by atoms with van der Waals surface area (Å²) in [5.41, 5.74) is 0. The van der Waals surface area contributed by atoms with Crippen LogP contribution in [0.5, 0.6) is 0 Å². The van der Waals surface area contributed by atoms with Gasteiger partial charge in [0.25, 0.3) is 0 Å². The second-order valence-corrected chi connectivity index (χ2v) is 4.74. The average Bonchev–Trinajstić information content (AvgIpc) is 2.28. The van der Waals surface area contributed by atoms with E-state index in [2.05, 4.69) is 22.6 Å². The number of hydrogen-bond acceptors (Lipinski definition) is 4. The molecule has 4 nitrogen and oxygen atoms in total. The van der Waals surface area contributed by atoms with Crippen molar-refractivity contribution in [1.82, 2.24) is 15.5 Å². The van der Waals surface area contributed by atoms with Crippen LogP contribution in [0.3, 0.4) is 0 Å². The molecule has 2 atom stereocenters. The van der Waals surface area contributed by atoms with E-state index in [0.717, 1.165) is 26.3 Å². The second kappa shape index (κ2) is 5.80. The number of morpholine rings is 1. The number of ether oxygens (including phenoxy) is 1. The van der Waals surface area contributed by atoms with E-state index in [0.29, 0.717) is 12.1 Å². The third-order valence-corrected chi connectivity index (χ3v) is 3.28. The SMILES string of the molecule is CN1CCCC(NCC2COCCN2)C1. The Labute approximate surface area is 92.4 Å². The van der Waals surface area contributed by atoms with Crippen LogP contribution in [-0.2, 0) is 4.74 Å². The summed E-state index contributed by atoms with van der Waals surface area (Å²) in [4.78, 5) is 2.41. The van der Waals surface area contributed by atoms with Crippen LogP contribution in [0, 0.1) is 0 Å². The van der Waals surface area contributed by atoms with Crippen LogP contribution >= 0.6 is 0 Å². The van der Waals surface area contributed by atoms with Crippen molar-refractivity contribution in [2.75, 3.05) is 46.4 Å². The van der Waals surface area contributed by atoms with E-state index in [1.807, 2.05) is 0 Å². The molecular weight excluding hydrogens is 190 g/mol. The summed E-state index contributed by atoms with van der Waals surface area (Å²) in [6.45, 7) is 6.20. The van der Waals surface area contributed by atoms with Gasteiger partial charge in [-0.2, -0.15) is 0 Å². The zero-order valence-electron chi connectivity index (χ0n) is 9.67. The molecular formula is C11H23N3O. The molecule has 0 radical (unpaired) electrons. The Kier molecular flexibility index (Phi) is 4.38. The van der Waals surface area contributed by atoms with Gasteiger partial charge in [0.05, 0.1) is 13.2 Å². The average molecular weight is 213 g/mol. The van der Waals surface area contributed by atoms with Crippen LogP contribution in [-0.4, -0.2) is 63.4 Å². The Balaban J connectivity index is 1.63. The van der Waals surface area contributed by atoms with Crippen molar-refractivity contribution in [3.8, 4) is 0 Å². The first kappa shape index (κ1) is 11.3. The molecule has 0 amide bonds.